The molecule has 2 aromatic heterocycles. The van der Waals surface area contributed by atoms with Crippen molar-refractivity contribution >= 4 is 11.5 Å². The predicted octanol–water partition coefficient (Wildman–Crippen LogP) is 1.47. The number of nitrogens with one attached hydrogen (secondary N) is 1. The van der Waals surface area contributed by atoms with Crippen LogP contribution in [0.1, 0.15) is 0 Å². The van der Waals surface area contributed by atoms with Crippen molar-refractivity contribution in [3.63, 3.8) is 0 Å². The highest BCUT2D eigenvalue weighted by molar-refractivity contribution is 5.72. The second kappa shape index (κ2) is 7.20. The highest BCUT2D eigenvalue weighted by Gasteiger charge is 2.10. The van der Waals surface area contributed by atoms with Gasteiger partial charge in [-0.15, -0.1) is 0 Å². The van der Waals surface area contributed by atoms with E-state index in [2.05, 4.69) is 20.2 Å². The van der Waals surface area contributed by atoms with E-state index in [-0.39, 0.29) is 0 Å². The van der Waals surface area contributed by atoms with Crippen LogP contribution in [0, 0.1) is 0 Å². The Kier molecular flexibility index (Phi) is 4.82. The van der Waals surface area contributed by atoms with E-state index in [1.807, 2.05) is 18.2 Å². The first-order valence-corrected chi connectivity index (χ1v) is 7.53. The number of nitrogens with zero attached hydrogens (tertiary/aromatic N) is 3. The van der Waals surface area contributed by atoms with Gasteiger partial charge < -0.3 is 15.8 Å². The van der Waals surface area contributed by atoms with Crippen molar-refractivity contribution in [2.75, 3.05) is 50.4 Å². The van der Waals surface area contributed by atoms with Crippen LogP contribution in [0.4, 0.5) is 11.5 Å². The Morgan fingerprint density at radius 3 is 2.73 bits per heavy atom. The molecule has 3 N–H and O–H groups in total. The molecular formula is C16H21N5O. The van der Waals surface area contributed by atoms with Crippen LogP contribution in [-0.2, 0) is 4.74 Å². The maximum Gasteiger partial charge on any atom is 0.146 e. The average molecular weight is 299 g/mol. The fourth-order valence-electron chi connectivity index (χ4n) is 2.49. The number of hydrogen-bond acceptors (Lipinski definition) is 6. The first-order valence-electron chi connectivity index (χ1n) is 7.53. The Bertz CT molecular complexity index is 599. The van der Waals surface area contributed by atoms with Gasteiger partial charge in [-0.2, -0.15) is 0 Å². The zero-order chi connectivity index (χ0) is 15.2. The van der Waals surface area contributed by atoms with Crippen LogP contribution in [0.15, 0.2) is 36.8 Å². The molecule has 0 saturated carbocycles. The van der Waals surface area contributed by atoms with E-state index < -0.39 is 0 Å². The van der Waals surface area contributed by atoms with E-state index >= 15 is 0 Å². The fourth-order valence-corrected chi connectivity index (χ4v) is 2.49. The van der Waals surface area contributed by atoms with Crippen molar-refractivity contribution in [1.29, 1.82) is 0 Å². The van der Waals surface area contributed by atoms with Crippen molar-refractivity contribution in [3.8, 4) is 11.1 Å². The average Bonchev–Trinajstić information content (AvgIpc) is 2.58. The van der Waals surface area contributed by atoms with Gasteiger partial charge in [-0.3, -0.25) is 9.88 Å². The van der Waals surface area contributed by atoms with E-state index in [0.29, 0.717) is 5.82 Å². The van der Waals surface area contributed by atoms with Gasteiger partial charge in [0.25, 0.3) is 0 Å². The second-order valence-electron chi connectivity index (χ2n) is 5.27. The van der Waals surface area contributed by atoms with Crippen LogP contribution in [-0.4, -0.2) is 54.3 Å². The standard InChI is InChI=1S/C16H21N5O/c17-16-15(19-5-6-21-7-9-22-10-8-21)11-14(12-20-16)13-1-3-18-4-2-13/h1-4,11-12,19H,5-10H2,(H2,17,20). The molecule has 6 heteroatoms. The van der Waals surface area contributed by atoms with E-state index in [9.17, 15) is 0 Å². The molecule has 0 aliphatic carbocycles. The van der Waals surface area contributed by atoms with E-state index in [1.165, 1.54) is 0 Å². The van der Waals surface area contributed by atoms with Crippen molar-refractivity contribution in [2.45, 2.75) is 0 Å². The molecule has 116 valence electrons. The third kappa shape index (κ3) is 3.72. The number of hydrogen-bond donors (Lipinski definition) is 2. The van der Waals surface area contributed by atoms with Gasteiger partial charge in [0.05, 0.1) is 18.9 Å². The lowest BCUT2D eigenvalue weighted by atomic mass is 10.1. The molecule has 2 aromatic rings. The van der Waals surface area contributed by atoms with Crippen molar-refractivity contribution in [3.05, 3.63) is 36.8 Å². The quantitative estimate of drug-likeness (QED) is 0.870. The molecule has 0 aromatic carbocycles. The minimum atomic E-state index is 0.528. The monoisotopic (exact) mass is 299 g/mol. The maximum absolute atomic E-state index is 5.97. The molecule has 0 radical (unpaired) electrons. The molecule has 0 amide bonds. The van der Waals surface area contributed by atoms with Crippen molar-refractivity contribution in [2.24, 2.45) is 0 Å². The molecule has 0 atom stereocenters. The van der Waals surface area contributed by atoms with Gasteiger partial charge in [0.2, 0.25) is 0 Å². The van der Waals surface area contributed by atoms with Gasteiger partial charge in [0.15, 0.2) is 0 Å². The van der Waals surface area contributed by atoms with Gasteiger partial charge >= 0.3 is 0 Å². The number of nitrogen functional groups attached to an aromatic ring is 1. The maximum atomic E-state index is 5.97. The van der Waals surface area contributed by atoms with Crippen molar-refractivity contribution in [1.82, 2.24) is 14.9 Å². The van der Waals surface area contributed by atoms with Gasteiger partial charge in [0, 0.05) is 50.3 Å². The number of pyridine rings is 2. The molecule has 1 saturated heterocycles. The Balaban J connectivity index is 1.63. The normalized spacial score (nSPS) is 15.6. The molecule has 1 fully saturated rings. The summed E-state index contributed by atoms with van der Waals surface area (Å²) in [4.78, 5) is 10.7. The molecular weight excluding hydrogens is 278 g/mol. The summed E-state index contributed by atoms with van der Waals surface area (Å²) in [5.41, 5.74) is 8.96. The smallest absolute Gasteiger partial charge is 0.146 e. The van der Waals surface area contributed by atoms with E-state index in [0.717, 1.165) is 56.2 Å². The summed E-state index contributed by atoms with van der Waals surface area (Å²) in [5.74, 6) is 0.528. The molecule has 3 heterocycles. The summed E-state index contributed by atoms with van der Waals surface area (Å²) in [6.45, 7) is 5.44. The minimum Gasteiger partial charge on any atom is -0.382 e. The first-order chi connectivity index (χ1) is 10.8. The zero-order valence-electron chi connectivity index (χ0n) is 12.5. The lowest BCUT2D eigenvalue weighted by Crippen LogP contribution is -2.39. The molecule has 22 heavy (non-hydrogen) atoms. The summed E-state index contributed by atoms with van der Waals surface area (Å²) < 4.78 is 5.35. The number of nitrogens with two attached hydrogens (primary N) is 1. The van der Waals surface area contributed by atoms with Gasteiger partial charge in [0.1, 0.15) is 5.82 Å². The molecule has 0 bridgehead atoms. The molecule has 0 spiro atoms. The number of ether oxygens (including phenoxy) is 1. The van der Waals surface area contributed by atoms with E-state index in [4.69, 9.17) is 10.5 Å². The number of aromatic nitrogens is 2. The van der Waals surface area contributed by atoms with Crippen molar-refractivity contribution < 1.29 is 4.74 Å². The summed E-state index contributed by atoms with van der Waals surface area (Å²) in [7, 11) is 0. The topological polar surface area (TPSA) is 76.3 Å². The Morgan fingerprint density at radius 2 is 1.95 bits per heavy atom. The second-order valence-corrected chi connectivity index (χ2v) is 5.27. The minimum absolute atomic E-state index is 0.528. The van der Waals surface area contributed by atoms with E-state index in [1.54, 1.807) is 18.6 Å². The summed E-state index contributed by atoms with van der Waals surface area (Å²) in [5, 5.41) is 3.38. The van der Waals surface area contributed by atoms with Crippen LogP contribution in [0.2, 0.25) is 0 Å². The molecule has 1 aliphatic rings. The van der Waals surface area contributed by atoms with Gasteiger partial charge in [-0.1, -0.05) is 0 Å². The molecule has 3 rings (SSSR count). The lowest BCUT2D eigenvalue weighted by molar-refractivity contribution is 0.0398. The van der Waals surface area contributed by atoms with Crippen LogP contribution in [0.5, 0.6) is 0 Å². The predicted molar refractivity (Wildman–Crippen MR) is 87.6 cm³/mol. The fraction of sp³-hybridized carbons (Fsp3) is 0.375. The van der Waals surface area contributed by atoms with Gasteiger partial charge in [-0.05, 0) is 23.8 Å². The SMILES string of the molecule is Nc1ncc(-c2ccncc2)cc1NCCN1CCOCC1. The summed E-state index contributed by atoms with van der Waals surface area (Å²) in [6, 6.07) is 5.96. The van der Waals surface area contributed by atoms with Crippen LogP contribution in [0.3, 0.4) is 0 Å². The number of rotatable bonds is 5. The Hall–Kier alpha value is -2.18. The highest BCUT2D eigenvalue weighted by atomic mass is 16.5. The molecule has 6 nitrogen and oxygen atoms in total. The Morgan fingerprint density at radius 1 is 1.18 bits per heavy atom. The summed E-state index contributed by atoms with van der Waals surface area (Å²) >= 11 is 0. The number of anilines is 2. The van der Waals surface area contributed by atoms with Crippen LogP contribution in [0.25, 0.3) is 11.1 Å². The largest absolute Gasteiger partial charge is 0.382 e. The Labute approximate surface area is 130 Å². The summed E-state index contributed by atoms with van der Waals surface area (Å²) in [6.07, 6.45) is 5.34. The van der Waals surface area contributed by atoms with Gasteiger partial charge in [-0.25, -0.2) is 4.98 Å². The number of morpholine rings is 1. The van der Waals surface area contributed by atoms with Crippen LogP contribution < -0.4 is 11.1 Å². The van der Waals surface area contributed by atoms with Crippen LogP contribution >= 0.6 is 0 Å². The zero-order valence-corrected chi connectivity index (χ0v) is 12.5. The highest BCUT2D eigenvalue weighted by Crippen LogP contribution is 2.24. The third-order valence-electron chi connectivity index (χ3n) is 3.78. The first kappa shape index (κ1) is 14.7. The molecule has 1 aliphatic heterocycles. The lowest BCUT2D eigenvalue weighted by Gasteiger charge is -2.26. The third-order valence-corrected chi connectivity index (χ3v) is 3.78. The molecule has 0 unspecified atom stereocenters.